The van der Waals surface area contributed by atoms with Crippen LogP contribution in [0.5, 0.6) is 0 Å². The number of benzene rings is 1. The Labute approximate surface area is 104 Å². The molecular formula is C10H8Br2N2O. The molecule has 5 heteroatoms. The summed E-state index contributed by atoms with van der Waals surface area (Å²) >= 11 is 6.77. The normalized spacial score (nSPS) is 10.6. The lowest BCUT2D eigenvalue weighted by Crippen LogP contribution is -1.84. The Morgan fingerprint density at radius 1 is 1.27 bits per heavy atom. The molecule has 0 aliphatic heterocycles. The van der Waals surface area contributed by atoms with Crippen LogP contribution in [0.4, 0.5) is 5.82 Å². The van der Waals surface area contributed by atoms with Crippen LogP contribution in [0.1, 0.15) is 5.56 Å². The molecule has 0 aliphatic carbocycles. The molecule has 0 aliphatic rings. The van der Waals surface area contributed by atoms with Gasteiger partial charge in [0.15, 0.2) is 11.6 Å². The van der Waals surface area contributed by atoms with Crippen LogP contribution in [0.15, 0.2) is 31.7 Å². The van der Waals surface area contributed by atoms with Gasteiger partial charge in [-0.15, -0.1) is 0 Å². The van der Waals surface area contributed by atoms with Crippen LogP contribution in [-0.2, 0) is 0 Å². The SMILES string of the molecule is Cc1cc(Br)cc(-c2onc(N)c2Br)c1. The molecule has 1 aromatic carbocycles. The topological polar surface area (TPSA) is 52.0 Å². The summed E-state index contributed by atoms with van der Waals surface area (Å²) in [4.78, 5) is 0. The van der Waals surface area contributed by atoms with Crippen molar-refractivity contribution in [3.8, 4) is 11.3 Å². The number of aromatic nitrogens is 1. The highest BCUT2D eigenvalue weighted by Crippen LogP contribution is 2.34. The molecule has 3 nitrogen and oxygen atoms in total. The van der Waals surface area contributed by atoms with Crippen molar-refractivity contribution in [3.63, 3.8) is 0 Å². The van der Waals surface area contributed by atoms with Crippen LogP contribution in [0.3, 0.4) is 0 Å². The van der Waals surface area contributed by atoms with Crippen molar-refractivity contribution in [2.45, 2.75) is 6.92 Å². The van der Waals surface area contributed by atoms with Gasteiger partial charge in [-0.1, -0.05) is 21.1 Å². The standard InChI is InChI=1S/C10H8Br2N2O/c1-5-2-6(4-7(11)3-5)9-8(12)10(13)14-15-9/h2-4H,1H3,(H2,13,14). The van der Waals surface area contributed by atoms with Gasteiger partial charge in [0.05, 0.1) is 0 Å². The van der Waals surface area contributed by atoms with Gasteiger partial charge in [0.1, 0.15) is 4.47 Å². The maximum absolute atomic E-state index is 5.59. The van der Waals surface area contributed by atoms with Crippen molar-refractivity contribution in [2.75, 3.05) is 5.73 Å². The number of aryl methyl sites for hydroxylation is 1. The van der Waals surface area contributed by atoms with Crippen LogP contribution in [0, 0.1) is 6.92 Å². The average Bonchev–Trinajstić information content (AvgIpc) is 2.46. The Kier molecular flexibility index (Phi) is 2.84. The number of rotatable bonds is 1. The molecule has 0 bridgehead atoms. The monoisotopic (exact) mass is 330 g/mol. The van der Waals surface area contributed by atoms with Crippen molar-refractivity contribution >= 4 is 37.7 Å². The predicted octanol–water partition coefficient (Wildman–Crippen LogP) is 3.76. The largest absolute Gasteiger partial charge is 0.380 e. The van der Waals surface area contributed by atoms with Crippen LogP contribution in [0.2, 0.25) is 0 Å². The van der Waals surface area contributed by atoms with Gasteiger partial charge >= 0.3 is 0 Å². The van der Waals surface area contributed by atoms with Crippen molar-refractivity contribution in [2.24, 2.45) is 0 Å². The van der Waals surface area contributed by atoms with Gasteiger partial charge in [0, 0.05) is 10.0 Å². The van der Waals surface area contributed by atoms with E-state index in [4.69, 9.17) is 10.3 Å². The molecular weight excluding hydrogens is 324 g/mol. The third kappa shape index (κ3) is 2.08. The maximum Gasteiger partial charge on any atom is 0.183 e. The highest BCUT2D eigenvalue weighted by Gasteiger charge is 2.13. The molecule has 1 aromatic heterocycles. The molecule has 0 spiro atoms. The Hall–Kier alpha value is -0.810. The molecule has 0 unspecified atom stereocenters. The second kappa shape index (κ2) is 3.98. The molecule has 15 heavy (non-hydrogen) atoms. The predicted molar refractivity (Wildman–Crippen MR) is 66.5 cm³/mol. The minimum absolute atomic E-state index is 0.364. The fourth-order valence-electron chi connectivity index (χ4n) is 1.34. The first-order chi connectivity index (χ1) is 7.08. The third-order valence-electron chi connectivity index (χ3n) is 1.96. The smallest absolute Gasteiger partial charge is 0.183 e. The van der Waals surface area contributed by atoms with E-state index in [2.05, 4.69) is 37.0 Å². The van der Waals surface area contributed by atoms with Gasteiger partial charge in [-0.2, -0.15) is 0 Å². The van der Waals surface area contributed by atoms with Crippen LogP contribution >= 0.6 is 31.9 Å². The second-order valence-electron chi connectivity index (χ2n) is 3.23. The molecule has 2 rings (SSSR count). The van der Waals surface area contributed by atoms with Crippen molar-refractivity contribution < 1.29 is 4.52 Å². The third-order valence-corrected chi connectivity index (χ3v) is 3.19. The lowest BCUT2D eigenvalue weighted by atomic mass is 10.1. The molecule has 0 fully saturated rings. The molecule has 78 valence electrons. The summed E-state index contributed by atoms with van der Waals surface area (Å²) in [6.45, 7) is 2.02. The van der Waals surface area contributed by atoms with E-state index >= 15 is 0 Å². The molecule has 0 amide bonds. The molecule has 0 atom stereocenters. The van der Waals surface area contributed by atoms with Crippen molar-refractivity contribution in [1.29, 1.82) is 0 Å². The van der Waals surface area contributed by atoms with E-state index in [1.165, 1.54) is 0 Å². The zero-order valence-corrected chi connectivity index (χ0v) is 11.1. The van der Waals surface area contributed by atoms with Gasteiger partial charge in [0.2, 0.25) is 0 Å². The number of nitrogen functional groups attached to an aromatic ring is 1. The number of nitrogens with two attached hydrogens (primary N) is 1. The Morgan fingerprint density at radius 3 is 2.53 bits per heavy atom. The lowest BCUT2D eigenvalue weighted by Gasteiger charge is -2.00. The van der Waals surface area contributed by atoms with Crippen LogP contribution in [-0.4, -0.2) is 5.16 Å². The summed E-state index contributed by atoms with van der Waals surface area (Å²) in [6.07, 6.45) is 0. The molecule has 0 saturated carbocycles. The molecule has 2 aromatic rings. The van der Waals surface area contributed by atoms with Crippen LogP contribution < -0.4 is 5.73 Å². The van der Waals surface area contributed by atoms with Gasteiger partial charge in [-0.25, -0.2) is 0 Å². The first-order valence-corrected chi connectivity index (χ1v) is 5.84. The Balaban J connectivity index is 2.58. The fraction of sp³-hybridized carbons (Fsp3) is 0.100. The number of hydrogen-bond donors (Lipinski definition) is 1. The van der Waals surface area contributed by atoms with Gasteiger partial charge in [-0.05, 0) is 46.6 Å². The first kappa shape index (κ1) is 10.7. The van der Waals surface area contributed by atoms with E-state index in [1.807, 2.05) is 25.1 Å². The van der Waals surface area contributed by atoms with Gasteiger partial charge in [0.25, 0.3) is 0 Å². The fourth-order valence-corrected chi connectivity index (χ4v) is 2.32. The number of nitrogens with zero attached hydrogens (tertiary/aromatic N) is 1. The zero-order valence-electron chi connectivity index (χ0n) is 7.92. The second-order valence-corrected chi connectivity index (χ2v) is 4.94. The van der Waals surface area contributed by atoms with E-state index < -0.39 is 0 Å². The van der Waals surface area contributed by atoms with E-state index in [1.54, 1.807) is 0 Å². The summed E-state index contributed by atoms with van der Waals surface area (Å²) in [5.74, 6) is 1.01. The van der Waals surface area contributed by atoms with Crippen molar-refractivity contribution in [3.05, 3.63) is 32.7 Å². The van der Waals surface area contributed by atoms with E-state index in [0.29, 0.717) is 16.1 Å². The van der Waals surface area contributed by atoms with Gasteiger partial charge in [-0.3, -0.25) is 0 Å². The maximum atomic E-state index is 5.59. The van der Waals surface area contributed by atoms with Crippen molar-refractivity contribution in [1.82, 2.24) is 5.16 Å². The summed E-state index contributed by atoms with van der Waals surface area (Å²) in [7, 11) is 0. The van der Waals surface area contributed by atoms with E-state index in [-0.39, 0.29) is 0 Å². The summed E-state index contributed by atoms with van der Waals surface area (Å²) < 4.78 is 6.84. The van der Waals surface area contributed by atoms with Gasteiger partial charge < -0.3 is 10.3 Å². The highest BCUT2D eigenvalue weighted by molar-refractivity contribution is 9.11. The number of anilines is 1. The molecule has 1 heterocycles. The minimum atomic E-state index is 0.364. The minimum Gasteiger partial charge on any atom is -0.380 e. The first-order valence-electron chi connectivity index (χ1n) is 4.26. The molecule has 2 N–H and O–H groups in total. The van der Waals surface area contributed by atoms with E-state index in [9.17, 15) is 0 Å². The van der Waals surface area contributed by atoms with Crippen LogP contribution in [0.25, 0.3) is 11.3 Å². The number of halogens is 2. The zero-order chi connectivity index (χ0) is 11.0. The molecule has 0 saturated heterocycles. The quantitative estimate of drug-likeness (QED) is 0.865. The van der Waals surface area contributed by atoms with E-state index in [0.717, 1.165) is 15.6 Å². The average molecular weight is 332 g/mol. The Morgan fingerprint density at radius 2 is 2.00 bits per heavy atom. The summed E-state index contributed by atoms with van der Waals surface area (Å²) in [6, 6.07) is 5.99. The highest BCUT2D eigenvalue weighted by atomic mass is 79.9. The Bertz CT molecular complexity index is 488. The summed E-state index contributed by atoms with van der Waals surface area (Å²) in [5.41, 5.74) is 7.67. The molecule has 0 radical (unpaired) electrons. The number of hydrogen-bond acceptors (Lipinski definition) is 3. The lowest BCUT2D eigenvalue weighted by molar-refractivity contribution is 0.435. The summed E-state index contributed by atoms with van der Waals surface area (Å²) in [5, 5.41) is 3.69.